The molecule has 0 aromatic rings. The maximum absolute atomic E-state index is 10.9. The van der Waals surface area contributed by atoms with Crippen LogP contribution in [0.3, 0.4) is 0 Å². The minimum atomic E-state index is -0.182. The van der Waals surface area contributed by atoms with Gasteiger partial charge in [0.25, 0.3) is 5.91 Å². The topological polar surface area (TPSA) is 23.6 Å². The molecule has 1 heterocycles. The number of likely N-dealkylation sites (N-methyl/N-ethyl adjacent to an activating group) is 1. The molecule has 0 aliphatic carbocycles. The van der Waals surface area contributed by atoms with Crippen LogP contribution in [0, 0.1) is 12.3 Å². The molecule has 1 saturated heterocycles. The maximum atomic E-state index is 10.9. The first-order valence-electron chi connectivity index (χ1n) is 3.68. The molecule has 0 bridgehead atoms. The summed E-state index contributed by atoms with van der Waals surface area (Å²) in [6, 6.07) is 0. The van der Waals surface area contributed by atoms with E-state index in [0.29, 0.717) is 0 Å². The largest absolute Gasteiger partial charge is 0.329 e. The molecule has 1 aliphatic rings. The summed E-state index contributed by atoms with van der Waals surface area (Å²) in [7, 11) is 2.04. The molecule has 0 aromatic heterocycles. The molecular weight excluding hydrogens is 140 g/mol. The molecule has 0 unspecified atom stereocenters. The van der Waals surface area contributed by atoms with Crippen molar-refractivity contribution >= 4 is 5.91 Å². The van der Waals surface area contributed by atoms with Gasteiger partial charge in [0.05, 0.1) is 0 Å². The van der Waals surface area contributed by atoms with Crippen LogP contribution in [0.4, 0.5) is 0 Å². The standard InChI is InChI=1S/C8H12N2O/c1-3-8(11)10-6-4-9(2)5-7-10/h1H,4-7H2,2H3. The van der Waals surface area contributed by atoms with Crippen molar-refractivity contribution in [1.29, 1.82) is 0 Å². The molecule has 11 heavy (non-hydrogen) atoms. The van der Waals surface area contributed by atoms with Crippen LogP contribution in [0.1, 0.15) is 0 Å². The van der Waals surface area contributed by atoms with E-state index in [1.54, 1.807) is 4.90 Å². The second-order valence-electron chi connectivity index (χ2n) is 2.74. The number of amides is 1. The van der Waals surface area contributed by atoms with Crippen LogP contribution >= 0.6 is 0 Å². The van der Waals surface area contributed by atoms with Crippen molar-refractivity contribution in [2.45, 2.75) is 0 Å². The normalized spacial score (nSPS) is 19.5. The van der Waals surface area contributed by atoms with Crippen molar-refractivity contribution in [3.63, 3.8) is 0 Å². The highest BCUT2D eigenvalue weighted by molar-refractivity contribution is 5.92. The van der Waals surface area contributed by atoms with E-state index in [1.165, 1.54) is 0 Å². The number of carbonyl (C=O) groups is 1. The number of rotatable bonds is 0. The predicted octanol–water partition coefficient (Wildman–Crippen LogP) is -0.606. The average Bonchev–Trinajstić information content (AvgIpc) is 2.05. The van der Waals surface area contributed by atoms with Crippen LogP contribution in [0.2, 0.25) is 0 Å². The SMILES string of the molecule is C#CC(=O)N1CCN(C)CC1. The molecule has 60 valence electrons. The van der Waals surface area contributed by atoms with E-state index in [-0.39, 0.29) is 5.91 Å². The van der Waals surface area contributed by atoms with Gasteiger partial charge in [-0.25, -0.2) is 0 Å². The maximum Gasteiger partial charge on any atom is 0.298 e. The highest BCUT2D eigenvalue weighted by Crippen LogP contribution is 1.98. The number of carbonyl (C=O) groups excluding carboxylic acids is 1. The third-order valence-corrected chi connectivity index (χ3v) is 1.91. The number of nitrogens with zero attached hydrogens (tertiary/aromatic N) is 2. The van der Waals surface area contributed by atoms with Gasteiger partial charge < -0.3 is 9.80 Å². The second-order valence-corrected chi connectivity index (χ2v) is 2.74. The van der Waals surface area contributed by atoms with E-state index < -0.39 is 0 Å². The zero-order valence-electron chi connectivity index (χ0n) is 6.71. The summed E-state index contributed by atoms with van der Waals surface area (Å²) < 4.78 is 0. The van der Waals surface area contributed by atoms with Gasteiger partial charge in [-0.2, -0.15) is 0 Å². The third kappa shape index (κ3) is 1.95. The lowest BCUT2D eigenvalue weighted by molar-refractivity contribution is -0.126. The van der Waals surface area contributed by atoms with Crippen LogP contribution in [-0.4, -0.2) is 48.9 Å². The Morgan fingerprint density at radius 3 is 2.36 bits per heavy atom. The van der Waals surface area contributed by atoms with Crippen LogP contribution in [0.15, 0.2) is 0 Å². The van der Waals surface area contributed by atoms with Gasteiger partial charge in [0, 0.05) is 26.2 Å². The summed E-state index contributed by atoms with van der Waals surface area (Å²) in [5, 5.41) is 0. The molecule has 1 aliphatic heterocycles. The van der Waals surface area contributed by atoms with Gasteiger partial charge in [0.2, 0.25) is 0 Å². The highest BCUT2D eigenvalue weighted by atomic mass is 16.2. The van der Waals surface area contributed by atoms with Gasteiger partial charge in [-0.15, -0.1) is 6.42 Å². The molecule has 0 saturated carbocycles. The monoisotopic (exact) mass is 152 g/mol. The molecule has 3 nitrogen and oxygen atoms in total. The molecule has 0 radical (unpaired) electrons. The molecule has 1 rings (SSSR count). The first kappa shape index (κ1) is 8.09. The van der Waals surface area contributed by atoms with Gasteiger partial charge in [-0.05, 0) is 13.0 Å². The molecule has 1 amide bonds. The fraction of sp³-hybridized carbons (Fsp3) is 0.625. The number of hydrogen-bond donors (Lipinski definition) is 0. The first-order valence-corrected chi connectivity index (χ1v) is 3.68. The van der Waals surface area contributed by atoms with E-state index in [9.17, 15) is 4.79 Å². The molecular formula is C8H12N2O. The molecule has 0 N–H and O–H groups in total. The Bertz CT molecular complexity index is 187. The molecule has 1 fully saturated rings. The second kappa shape index (κ2) is 3.40. The number of terminal acetylenes is 1. The molecule has 0 spiro atoms. The number of piperazine rings is 1. The summed E-state index contributed by atoms with van der Waals surface area (Å²) in [5.41, 5.74) is 0. The van der Waals surface area contributed by atoms with Crippen molar-refractivity contribution in [3.8, 4) is 12.3 Å². The van der Waals surface area contributed by atoms with E-state index in [4.69, 9.17) is 6.42 Å². The lowest BCUT2D eigenvalue weighted by Crippen LogP contribution is -2.46. The van der Waals surface area contributed by atoms with Crippen molar-refractivity contribution in [1.82, 2.24) is 9.80 Å². The average molecular weight is 152 g/mol. The molecule has 0 atom stereocenters. The predicted molar refractivity (Wildman–Crippen MR) is 42.9 cm³/mol. The molecule has 3 heteroatoms. The Labute approximate surface area is 67.0 Å². The highest BCUT2D eigenvalue weighted by Gasteiger charge is 2.16. The van der Waals surface area contributed by atoms with Crippen LogP contribution < -0.4 is 0 Å². The fourth-order valence-electron chi connectivity index (χ4n) is 1.10. The summed E-state index contributed by atoms with van der Waals surface area (Å²) in [6.45, 7) is 3.37. The first-order chi connectivity index (χ1) is 5.24. The van der Waals surface area contributed by atoms with Crippen molar-refractivity contribution in [3.05, 3.63) is 0 Å². The van der Waals surface area contributed by atoms with Gasteiger partial charge in [-0.1, -0.05) is 0 Å². The van der Waals surface area contributed by atoms with Gasteiger partial charge in [-0.3, -0.25) is 4.79 Å². The lowest BCUT2D eigenvalue weighted by atomic mass is 10.3. The van der Waals surface area contributed by atoms with Crippen LogP contribution in [-0.2, 0) is 4.79 Å². The van der Waals surface area contributed by atoms with Crippen LogP contribution in [0.5, 0.6) is 0 Å². The zero-order chi connectivity index (χ0) is 8.27. The lowest BCUT2D eigenvalue weighted by Gasteiger charge is -2.30. The van der Waals surface area contributed by atoms with E-state index in [0.717, 1.165) is 26.2 Å². The summed E-state index contributed by atoms with van der Waals surface area (Å²) in [6.07, 6.45) is 4.98. The zero-order valence-corrected chi connectivity index (χ0v) is 6.71. The molecule has 0 aromatic carbocycles. The number of hydrogen-bond acceptors (Lipinski definition) is 2. The summed E-state index contributed by atoms with van der Waals surface area (Å²) >= 11 is 0. The quantitative estimate of drug-likeness (QED) is 0.432. The van der Waals surface area contributed by atoms with E-state index in [1.807, 2.05) is 7.05 Å². The van der Waals surface area contributed by atoms with Crippen molar-refractivity contribution < 1.29 is 4.79 Å². The minimum absolute atomic E-state index is 0.182. The van der Waals surface area contributed by atoms with Crippen LogP contribution in [0.25, 0.3) is 0 Å². The minimum Gasteiger partial charge on any atom is -0.329 e. The van der Waals surface area contributed by atoms with Crippen molar-refractivity contribution in [2.75, 3.05) is 33.2 Å². The Hall–Kier alpha value is -1.01. The van der Waals surface area contributed by atoms with Gasteiger partial charge in [0.15, 0.2) is 0 Å². The third-order valence-electron chi connectivity index (χ3n) is 1.91. The van der Waals surface area contributed by atoms with Gasteiger partial charge in [0.1, 0.15) is 0 Å². The Kier molecular flexibility index (Phi) is 2.50. The smallest absolute Gasteiger partial charge is 0.298 e. The Morgan fingerprint density at radius 1 is 1.36 bits per heavy atom. The van der Waals surface area contributed by atoms with E-state index >= 15 is 0 Å². The van der Waals surface area contributed by atoms with E-state index in [2.05, 4.69) is 10.8 Å². The summed E-state index contributed by atoms with van der Waals surface area (Å²) in [5.74, 6) is 1.94. The van der Waals surface area contributed by atoms with Gasteiger partial charge >= 0.3 is 0 Å². The Balaban J connectivity index is 2.40. The Morgan fingerprint density at radius 2 is 1.91 bits per heavy atom. The fourth-order valence-corrected chi connectivity index (χ4v) is 1.10. The summed E-state index contributed by atoms with van der Waals surface area (Å²) in [4.78, 5) is 14.8. The van der Waals surface area contributed by atoms with Crippen molar-refractivity contribution in [2.24, 2.45) is 0 Å².